The minimum Gasteiger partial charge on any atom is -0.469 e. The number of methoxy groups -OCH3 is 2. The molecule has 18 heavy (non-hydrogen) atoms. The zero-order valence-corrected chi connectivity index (χ0v) is 10.7. The molecule has 0 aromatic heterocycles. The van der Waals surface area contributed by atoms with E-state index >= 15 is 0 Å². The molecule has 0 aromatic rings. The first-order valence-electron chi connectivity index (χ1n) is 5.55. The van der Waals surface area contributed by atoms with Crippen molar-refractivity contribution in [3.63, 3.8) is 0 Å². The van der Waals surface area contributed by atoms with Crippen molar-refractivity contribution >= 4 is 18.4 Å². The molecule has 0 heterocycles. The molecule has 0 atom stereocenters. The van der Waals surface area contributed by atoms with Crippen LogP contribution in [0.25, 0.3) is 0 Å². The van der Waals surface area contributed by atoms with Gasteiger partial charge in [-0.2, -0.15) is 0 Å². The standard InChI is InChI=1S/C11H19NO6/c1-16-10(14)3-5-12(7-8-18-9-13)6-4-11(15)17-2/h9H,3-8H2,1-2H3. The van der Waals surface area contributed by atoms with Crippen LogP contribution in [-0.4, -0.2) is 63.8 Å². The van der Waals surface area contributed by atoms with Crippen LogP contribution in [0.5, 0.6) is 0 Å². The zero-order valence-electron chi connectivity index (χ0n) is 10.7. The van der Waals surface area contributed by atoms with Gasteiger partial charge >= 0.3 is 11.9 Å². The molecule has 0 rings (SSSR count). The summed E-state index contributed by atoms with van der Waals surface area (Å²) < 4.78 is 13.6. The number of hydrogen-bond acceptors (Lipinski definition) is 7. The van der Waals surface area contributed by atoms with Gasteiger partial charge in [0.2, 0.25) is 0 Å². The molecule has 7 heteroatoms. The first-order valence-corrected chi connectivity index (χ1v) is 5.55. The summed E-state index contributed by atoms with van der Waals surface area (Å²) in [5, 5.41) is 0. The summed E-state index contributed by atoms with van der Waals surface area (Å²) in [5.41, 5.74) is 0. The Morgan fingerprint density at radius 2 is 1.50 bits per heavy atom. The molecule has 0 aromatic carbocycles. The lowest BCUT2D eigenvalue weighted by atomic mass is 10.3. The average molecular weight is 261 g/mol. The second-order valence-electron chi connectivity index (χ2n) is 3.46. The molecule has 0 aliphatic carbocycles. The van der Waals surface area contributed by atoms with E-state index in [4.69, 9.17) is 0 Å². The smallest absolute Gasteiger partial charge is 0.306 e. The van der Waals surface area contributed by atoms with Crippen LogP contribution < -0.4 is 0 Å². The van der Waals surface area contributed by atoms with Crippen LogP contribution in [0.4, 0.5) is 0 Å². The molecular weight excluding hydrogens is 242 g/mol. The van der Waals surface area contributed by atoms with E-state index in [0.717, 1.165) is 0 Å². The number of ether oxygens (including phenoxy) is 3. The first-order chi connectivity index (χ1) is 8.63. The van der Waals surface area contributed by atoms with Crippen LogP contribution in [0.3, 0.4) is 0 Å². The Bertz CT molecular complexity index is 248. The van der Waals surface area contributed by atoms with Crippen LogP contribution in [-0.2, 0) is 28.6 Å². The van der Waals surface area contributed by atoms with Crippen LogP contribution in [0.1, 0.15) is 12.8 Å². The third-order valence-corrected chi connectivity index (χ3v) is 2.31. The average Bonchev–Trinajstić information content (AvgIpc) is 2.40. The van der Waals surface area contributed by atoms with Gasteiger partial charge in [-0.1, -0.05) is 0 Å². The highest BCUT2D eigenvalue weighted by Gasteiger charge is 2.11. The van der Waals surface area contributed by atoms with Crippen molar-refractivity contribution in [1.82, 2.24) is 4.90 Å². The van der Waals surface area contributed by atoms with E-state index in [2.05, 4.69) is 14.2 Å². The number of esters is 2. The maximum atomic E-state index is 11.0. The van der Waals surface area contributed by atoms with Crippen molar-refractivity contribution in [2.24, 2.45) is 0 Å². The SMILES string of the molecule is COC(=O)CCN(CCOC=O)CCC(=O)OC. The highest BCUT2D eigenvalue weighted by atomic mass is 16.5. The van der Waals surface area contributed by atoms with Gasteiger partial charge < -0.3 is 14.2 Å². The fourth-order valence-corrected chi connectivity index (χ4v) is 1.27. The molecule has 0 bridgehead atoms. The molecule has 104 valence electrons. The molecule has 0 saturated heterocycles. The summed E-state index contributed by atoms with van der Waals surface area (Å²) in [4.78, 5) is 33.9. The summed E-state index contributed by atoms with van der Waals surface area (Å²) in [6.07, 6.45) is 0.442. The predicted molar refractivity (Wildman–Crippen MR) is 61.7 cm³/mol. The van der Waals surface area contributed by atoms with Gasteiger partial charge in [-0.3, -0.25) is 19.3 Å². The topological polar surface area (TPSA) is 82.1 Å². The van der Waals surface area contributed by atoms with Crippen molar-refractivity contribution in [2.75, 3.05) is 40.5 Å². The number of carbonyl (C=O) groups is 3. The van der Waals surface area contributed by atoms with Gasteiger partial charge in [0, 0.05) is 19.6 Å². The highest BCUT2D eigenvalue weighted by molar-refractivity contribution is 5.70. The van der Waals surface area contributed by atoms with Gasteiger partial charge in [0.1, 0.15) is 6.61 Å². The van der Waals surface area contributed by atoms with Crippen molar-refractivity contribution in [2.45, 2.75) is 12.8 Å². The Labute approximate surface area is 106 Å². The summed E-state index contributed by atoms with van der Waals surface area (Å²) in [5.74, 6) is -0.649. The zero-order chi connectivity index (χ0) is 13.8. The third-order valence-electron chi connectivity index (χ3n) is 2.31. The predicted octanol–water partition coefficient (Wildman–Crippen LogP) is -0.412. The second kappa shape index (κ2) is 10.5. The second-order valence-corrected chi connectivity index (χ2v) is 3.46. The molecule has 0 N–H and O–H groups in total. The number of carbonyl (C=O) groups excluding carboxylic acids is 3. The van der Waals surface area contributed by atoms with Gasteiger partial charge in [0.15, 0.2) is 0 Å². The quantitative estimate of drug-likeness (QED) is 0.229. The van der Waals surface area contributed by atoms with Crippen LogP contribution in [0.15, 0.2) is 0 Å². The molecule has 0 aliphatic rings. The number of nitrogens with zero attached hydrogens (tertiary/aromatic N) is 1. The van der Waals surface area contributed by atoms with E-state index in [-0.39, 0.29) is 31.4 Å². The summed E-state index contributed by atoms with van der Waals surface area (Å²) in [7, 11) is 2.63. The van der Waals surface area contributed by atoms with Crippen LogP contribution in [0, 0.1) is 0 Å². The first kappa shape index (κ1) is 16.4. The lowest BCUT2D eigenvalue weighted by Crippen LogP contribution is -2.32. The maximum Gasteiger partial charge on any atom is 0.306 e. The van der Waals surface area contributed by atoms with E-state index in [1.807, 2.05) is 4.90 Å². The van der Waals surface area contributed by atoms with Gasteiger partial charge in [0.25, 0.3) is 6.47 Å². The fraction of sp³-hybridized carbons (Fsp3) is 0.727. The Kier molecular flexibility index (Phi) is 9.57. The van der Waals surface area contributed by atoms with Crippen molar-refractivity contribution < 1.29 is 28.6 Å². The monoisotopic (exact) mass is 261 g/mol. The van der Waals surface area contributed by atoms with E-state index in [0.29, 0.717) is 26.1 Å². The highest BCUT2D eigenvalue weighted by Crippen LogP contribution is 1.97. The van der Waals surface area contributed by atoms with E-state index < -0.39 is 0 Å². The van der Waals surface area contributed by atoms with Gasteiger partial charge in [-0.15, -0.1) is 0 Å². The minimum atomic E-state index is -0.325. The lowest BCUT2D eigenvalue weighted by molar-refractivity contribution is -0.141. The summed E-state index contributed by atoms with van der Waals surface area (Å²) >= 11 is 0. The largest absolute Gasteiger partial charge is 0.469 e. The summed E-state index contributed by atoms with van der Waals surface area (Å²) in [6, 6.07) is 0. The van der Waals surface area contributed by atoms with Crippen molar-refractivity contribution in [3.8, 4) is 0 Å². The Hall–Kier alpha value is -1.63. The lowest BCUT2D eigenvalue weighted by Gasteiger charge is -2.20. The molecule has 0 aliphatic heterocycles. The van der Waals surface area contributed by atoms with Crippen LogP contribution >= 0.6 is 0 Å². The molecule has 0 unspecified atom stereocenters. The van der Waals surface area contributed by atoms with E-state index in [1.165, 1.54) is 14.2 Å². The van der Waals surface area contributed by atoms with E-state index in [9.17, 15) is 14.4 Å². The van der Waals surface area contributed by atoms with Gasteiger partial charge in [-0.25, -0.2) is 0 Å². The molecule has 7 nitrogen and oxygen atoms in total. The van der Waals surface area contributed by atoms with Crippen molar-refractivity contribution in [1.29, 1.82) is 0 Å². The normalized spacial score (nSPS) is 9.94. The Morgan fingerprint density at radius 1 is 1.00 bits per heavy atom. The molecule has 0 spiro atoms. The Morgan fingerprint density at radius 3 is 1.89 bits per heavy atom. The molecule has 0 saturated carbocycles. The third kappa shape index (κ3) is 8.51. The molecule has 0 fully saturated rings. The number of rotatable bonds is 10. The van der Waals surface area contributed by atoms with E-state index in [1.54, 1.807) is 0 Å². The summed E-state index contributed by atoms with van der Waals surface area (Å²) in [6.45, 7) is 1.90. The Balaban J connectivity index is 4.02. The number of hydrogen-bond donors (Lipinski definition) is 0. The van der Waals surface area contributed by atoms with Crippen LogP contribution in [0.2, 0.25) is 0 Å². The maximum absolute atomic E-state index is 11.0. The van der Waals surface area contributed by atoms with Gasteiger partial charge in [0.05, 0.1) is 27.1 Å². The fourth-order valence-electron chi connectivity index (χ4n) is 1.27. The molecule has 0 radical (unpaired) electrons. The molecular formula is C11H19NO6. The van der Waals surface area contributed by atoms with Gasteiger partial charge in [-0.05, 0) is 0 Å². The molecule has 0 amide bonds. The minimum absolute atomic E-state index is 0.214. The van der Waals surface area contributed by atoms with Crippen molar-refractivity contribution in [3.05, 3.63) is 0 Å².